The summed E-state index contributed by atoms with van der Waals surface area (Å²) in [6.45, 7) is 10.6. The molecule has 152 valence electrons. The van der Waals surface area contributed by atoms with E-state index in [9.17, 15) is 4.79 Å². The van der Waals surface area contributed by atoms with Gasteiger partial charge in [0.15, 0.2) is 5.96 Å². The predicted molar refractivity (Wildman–Crippen MR) is 116 cm³/mol. The lowest BCUT2D eigenvalue weighted by Gasteiger charge is -2.32. The van der Waals surface area contributed by atoms with Crippen LogP contribution in [-0.4, -0.2) is 80.8 Å². The molecule has 2 N–H and O–H groups in total. The Kier molecular flexibility index (Phi) is 11.3. The maximum absolute atomic E-state index is 11.7. The Morgan fingerprint density at radius 1 is 1.23 bits per heavy atom. The first-order valence-electron chi connectivity index (χ1n) is 9.73. The van der Waals surface area contributed by atoms with Crippen molar-refractivity contribution in [1.29, 1.82) is 0 Å². The van der Waals surface area contributed by atoms with E-state index >= 15 is 0 Å². The second kappa shape index (κ2) is 12.6. The van der Waals surface area contributed by atoms with Crippen molar-refractivity contribution in [2.24, 2.45) is 10.9 Å². The predicted octanol–water partition coefficient (Wildman–Crippen LogP) is 2.12. The third-order valence-electron chi connectivity index (χ3n) is 4.97. The normalized spacial score (nSPS) is 20.4. The Bertz CT molecular complexity index is 435. The molecule has 0 aromatic carbocycles. The largest absolute Gasteiger partial charge is 0.450 e. The van der Waals surface area contributed by atoms with Crippen LogP contribution in [0.3, 0.4) is 0 Å². The van der Waals surface area contributed by atoms with Crippen molar-refractivity contribution in [3.8, 4) is 0 Å². The van der Waals surface area contributed by atoms with Crippen molar-refractivity contribution in [3.63, 3.8) is 0 Å². The molecule has 2 saturated heterocycles. The Morgan fingerprint density at radius 3 is 2.46 bits per heavy atom. The standard InChI is InChI=1S/C18H35N5O2.HI/c1-4-25-18(24)23-11-7-16(8-12-23)21-17(19-3)20-13-15(2)14-22-9-5-6-10-22;/h15-16H,4-14H2,1-3H3,(H2,19,20,21);1H. The van der Waals surface area contributed by atoms with Crippen molar-refractivity contribution in [1.82, 2.24) is 20.4 Å². The van der Waals surface area contributed by atoms with Gasteiger partial charge in [-0.15, -0.1) is 24.0 Å². The van der Waals surface area contributed by atoms with Gasteiger partial charge in [0.1, 0.15) is 0 Å². The number of amides is 1. The van der Waals surface area contributed by atoms with E-state index in [1.807, 2.05) is 14.0 Å². The lowest BCUT2D eigenvalue weighted by Crippen LogP contribution is -2.50. The van der Waals surface area contributed by atoms with Crippen LogP contribution in [0.4, 0.5) is 4.79 Å². The van der Waals surface area contributed by atoms with Crippen molar-refractivity contribution in [3.05, 3.63) is 0 Å². The van der Waals surface area contributed by atoms with E-state index in [4.69, 9.17) is 4.74 Å². The molecule has 0 saturated carbocycles. The monoisotopic (exact) mass is 481 g/mol. The van der Waals surface area contributed by atoms with Gasteiger partial charge in [0, 0.05) is 39.3 Å². The summed E-state index contributed by atoms with van der Waals surface area (Å²) in [6, 6.07) is 0.353. The fourth-order valence-corrected chi connectivity index (χ4v) is 3.55. The number of guanidine groups is 1. The lowest BCUT2D eigenvalue weighted by atomic mass is 10.1. The molecule has 0 radical (unpaired) electrons. The van der Waals surface area contributed by atoms with Gasteiger partial charge in [-0.1, -0.05) is 6.92 Å². The molecule has 2 aliphatic rings. The zero-order valence-corrected chi connectivity index (χ0v) is 18.8. The van der Waals surface area contributed by atoms with Gasteiger partial charge in [-0.2, -0.15) is 0 Å². The molecule has 1 unspecified atom stereocenters. The van der Waals surface area contributed by atoms with Gasteiger partial charge < -0.3 is 25.2 Å². The Labute approximate surface area is 175 Å². The highest BCUT2D eigenvalue weighted by molar-refractivity contribution is 14.0. The molecule has 1 amide bonds. The van der Waals surface area contributed by atoms with Crippen LogP contribution in [0, 0.1) is 5.92 Å². The van der Waals surface area contributed by atoms with E-state index in [2.05, 4.69) is 27.4 Å². The number of likely N-dealkylation sites (tertiary alicyclic amines) is 2. The van der Waals surface area contributed by atoms with Crippen molar-refractivity contribution < 1.29 is 9.53 Å². The van der Waals surface area contributed by atoms with Crippen LogP contribution in [-0.2, 0) is 4.74 Å². The number of nitrogens with zero attached hydrogens (tertiary/aromatic N) is 3. The van der Waals surface area contributed by atoms with Crippen LogP contribution in [0.15, 0.2) is 4.99 Å². The average molecular weight is 481 g/mol. The number of nitrogens with one attached hydrogen (secondary N) is 2. The maximum Gasteiger partial charge on any atom is 0.409 e. The SMILES string of the molecule is CCOC(=O)N1CCC(NC(=NC)NCC(C)CN2CCCC2)CC1.I. The van der Waals surface area contributed by atoms with E-state index in [0.29, 0.717) is 18.6 Å². The van der Waals surface area contributed by atoms with Crippen molar-refractivity contribution >= 4 is 36.0 Å². The summed E-state index contributed by atoms with van der Waals surface area (Å²) in [5.41, 5.74) is 0. The van der Waals surface area contributed by atoms with E-state index in [1.165, 1.54) is 25.9 Å². The molecule has 26 heavy (non-hydrogen) atoms. The molecule has 0 aromatic heterocycles. The molecule has 0 spiro atoms. The van der Waals surface area contributed by atoms with Gasteiger partial charge in [0.2, 0.25) is 0 Å². The summed E-state index contributed by atoms with van der Waals surface area (Å²) < 4.78 is 5.06. The number of hydrogen-bond acceptors (Lipinski definition) is 4. The minimum Gasteiger partial charge on any atom is -0.450 e. The number of halogens is 1. The molecule has 1 atom stereocenters. The first-order valence-corrected chi connectivity index (χ1v) is 9.73. The number of piperidine rings is 1. The number of carbonyl (C=O) groups excluding carboxylic acids is 1. The van der Waals surface area contributed by atoms with Gasteiger partial charge in [-0.05, 0) is 51.6 Å². The molecule has 0 aromatic rings. The highest BCUT2D eigenvalue weighted by Gasteiger charge is 2.24. The minimum atomic E-state index is -0.195. The summed E-state index contributed by atoms with van der Waals surface area (Å²) >= 11 is 0. The molecule has 7 nitrogen and oxygen atoms in total. The molecule has 2 rings (SSSR count). The third kappa shape index (κ3) is 7.85. The van der Waals surface area contributed by atoms with Crippen LogP contribution in [0.1, 0.15) is 39.5 Å². The first-order chi connectivity index (χ1) is 12.1. The number of aliphatic imine (C=N–C) groups is 1. The smallest absolute Gasteiger partial charge is 0.409 e. The Balaban J connectivity index is 0.00000338. The first kappa shape index (κ1) is 23.3. The van der Waals surface area contributed by atoms with Crippen molar-refractivity contribution in [2.45, 2.75) is 45.6 Å². The van der Waals surface area contributed by atoms with E-state index in [0.717, 1.165) is 45.0 Å². The number of ether oxygens (including phenoxy) is 1. The highest BCUT2D eigenvalue weighted by Crippen LogP contribution is 2.12. The number of hydrogen-bond donors (Lipinski definition) is 2. The molecular weight excluding hydrogens is 445 g/mol. The van der Waals surface area contributed by atoms with Gasteiger partial charge >= 0.3 is 6.09 Å². The van der Waals surface area contributed by atoms with Crippen LogP contribution < -0.4 is 10.6 Å². The van der Waals surface area contributed by atoms with Crippen LogP contribution in [0.25, 0.3) is 0 Å². The zero-order valence-electron chi connectivity index (χ0n) is 16.5. The Morgan fingerprint density at radius 2 is 1.88 bits per heavy atom. The van der Waals surface area contributed by atoms with Gasteiger partial charge in [-0.25, -0.2) is 4.79 Å². The lowest BCUT2D eigenvalue weighted by molar-refractivity contribution is 0.0963. The molecule has 2 fully saturated rings. The van der Waals surface area contributed by atoms with Crippen molar-refractivity contribution in [2.75, 3.05) is 52.9 Å². The summed E-state index contributed by atoms with van der Waals surface area (Å²) in [5, 5.41) is 6.94. The zero-order chi connectivity index (χ0) is 18.1. The molecule has 0 bridgehead atoms. The molecule has 0 aliphatic carbocycles. The summed E-state index contributed by atoms with van der Waals surface area (Å²) in [4.78, 5) is 20.4. The fraction of sp³-hybridized carbons (Fsp3) is 0.889. The summed E-state index contributed by atoms with van der Waals surface area (Å²) in [6.07, 6.45) is 4.33. The van der Waals surface area contributed by atoms with E-state index in [1.54, 1.807) is 4.90 Å². The van der Waals surface area contributed by atoms with Gasteiger partial charge in [-0.3, -0.25) is 4.99 Å². The molecule has 2 heterocycles. The summed E-state index contributed by atoms with van der Waals surface area (Å²) in [5.74, 6) is 1.46. The third-order valence-corrected chi connectivity index (χ3v) is 4.97. The highest BCUT2D eigenvalue weighted by atomic mass is 127. The number of rotatable bonds is 6. The van der Waals surface area contributed by atoms with E-state index in [-0.39, 0.29) is 30.1 Å². The maximum atomic E-state index is 11.7. The average Bonchev–Trinajstić information content (AvgIpc) is 3.12. The van der Waals surface area contributed by atoms with Gasteiger partial charge in [0.05, 0.1) is 6.61 Å². The molecule has 8 heteroatoms. The minimum absolute atomic E-state index is 0. The quantitative estimate of drug-likeness (QED) is 0.346. The second-order valence-corrected chi connectivity index (χ2v) is 7.17. The van der Waals surface area contributed by atoms with Crippen LogP contribution in [0.5, 0.6) is 0 Å². The summed E-state index contributed by atoms with van der Waals surface area (Å²) in [7, 11) is 1.81. The van der Waals surface area contributed by atoms with Gasteiger partial charge in [0.25, 0.3) is 0 Å². The van der Waals surface area contributed by atoms with Crippen LogP contribution in [0.2, 0.25) is 0 Å². The van der Waals surface area contributed by atoms with Crippen LogP contribution >= 0.6 is 24.0 Å². The second-order valence-electron chi connectivity index (χ2n) is 7.17. The molecule has 2 aliphatic heterocycles. The Hall–Kier alpha value is -0.770. The molecular formula is C18H36IN5O2. The number of carbonyl (C=O) groups is 1. The van der Waals surface area contributed by atoms with E-state index < -0.39 is 0 Å². The topological polar surface area (TPSA) is 69.2 Å². The fourth-order valence-electron chi connectivity index (χ4n) is 3.55.